The lowest BCUT2D eigenvalue weighted by Crippen LogP contribution is -2.33. The molecule has 0 saturated heterocycles. The number of nitrogens with one attached hydrogen (secondary N) is 1. The lowest BCUT2D eigenvalue weighted by atomic mass is 9.94. The number of ether oxygens (including phenoxy) is 2. The minimum atomic E-state index is -0.800. The van der Waals surface area contributed by atoms with Gasteiger partial charge in [-0.15, -0.1) is 0 Å². The van der Waals surface area contributed by atoms with Gasteiger partial charge in [0.25, 0.3) is 17.6 Å². The highest BCUT2D eigenvalue weighted by atomic mass is 16.5. The lowest BCUT2D eigenvalue weighted by Gasteiger charge is -2.25. The SMILES string of the molecule is CCCN(CCC)CCOc1ccc(C(=O)C(=O)Nc2cc(C(C)CC)cc(C(=O)N(CCC)CCC)c2OC)c2ccccc12. The molecule has 0 spiro atoms. The highest BCUT2D eigenvalue weighted by Crippen LogP contribution is 2.36. The van der Waals surface area contributed by atoms with E-state index in [9.17, 15) is 14.4 Å². The van der Waals surface area contributed by atoms with Crippen molar-refractivity contribution in [2.24, 2.45) is 0 Å². The van der Waals surface area contributed by atoms with Crippen molar-refractivity contribution in [3.05, 3.63) is 65.2 Å². The number of hydrogen-bond donors (Lipinski definition) is 1. The van der Waals surface area contributed by atoms with Gasteiger partial charge in [-0.1, -0.05) is 65.8 Å². The molecule has 0 aliphatic carbocycles. The van der Waals surface area contributed by atoms with E-state index in [0.717, 1.165) is 62.7 Å². The maximum absolute atomic E-state index is 13.8. The molecule has 3 rings (SSSR count). The Kier molecular flexibility index (Phi) is 14.5. The molecule has 1 unspecified atom stereocenters. The molecule has 250 valence electrons. The van der Waals surface area contributed by atoms with Crippen molar-refractivity contribution < 1.29 is 23.9 Å². The Bertz CT molecular complexity index is 1460. The quantitative estimate of drug-likeness (QED) is 0.107. The Morgan fingerprint density at radius 1 is 0.783 bits per heavy atom. The Hall–Kier alpha value is -3.91. The number of hydrogen-bond acceptors (Lipinski definition) is 6. The molecular formula is C38H53N3O5. The van der Waals surface area contributed by atoms with E-state index in [2.05, 4.69) is 37.9 Å². The van der Waals surface area contributed by atoms with Crippen LogP contribution in [-0.2, 0) is 4.79 Å². The molecule has 8 nitrogen and oxygen atoms in total. The third kappa shape index (κ3) is 9.09. The van der Waals surface area contributed by atoms with E-state index in [-0.39, 0.29) is 23.1 Å². The van der Waals surface area contributed by atoms with E-state index in [1.807, 2.05) is 55.1 Å². The number of methoxy groups -OCH3 is 1. The predicted octanol–water partition coefficient (Wildman–Crippen LogP) is 7.95. The minimum Gasteiger partial charge on any atom is -0.494 e. The number of anilines is 1. The number of amides is 2. The van der Waals surface area contributed by atoms with Crippen LogP contribution in [0.25, 0.3) is 10.8 Å². The van der Waals surface area contributed by atoms with Gasteiger partial charge in [-0.2, -0.15) is 0 Å². The van der Waals surface area contributed by atoms with Gasteiger partial charge in [0.05, 0.1) is 18.4 Å². The fraction of sp³-hybridized carbons (Fsp3) is 0.500. The summed E-state index contributed by atoms with van der Waals surface area (Å²) in [6, 6.07) is 14.6. The fourth-order valence-corrected chi connectivity index (χ4v) is 5.82. The number of carbonyl (C=O) groups excluding carboxylic acids is 3. The second-order valence-corrected chi connectivity index (χ2v) is 11.9. The summed E-state index contributed by atoms with van der Waals surface area (Å²) in [5.41, 5.74) is 1.87. The third-order valence-corrected chi connectivity index (χ3v) is 8.33. The van der Waals surface area contributed by atoms with Crippen molar-refractivity contribution in [2.75, 3.05) is 51.8 Å². The van der Waals surface area contributed by atoms with Crippen molar-refractivity contribution in [1.29, 1.82) is 0 Å². The average molecular weight is 632 g/mol. The van der Waals surface area contributed by atoms with Crippen LogP contribution in [0.4, 0.5) is 5.69 Å². The molecule has 0 saturated carbocycles. The minimum absolute atomic E-state index is 0.127. The number of carbonyl (C=O) groups is 3. The van der Waals surface area contributed by atoms with Crippen LogP contribution in [-0.4, -0.2) is 73.8 Å². The molecule has 0 aromatic heterocycles. The summed E-state index contributed by atoms with van der Waals surface area (Å²) in [6.45, 7) is 17.2. The molecule has 2 amide bonds. The molecule has 0 heterocycles. The Morgan fingerprint density at radius 3 is 2.00 bits per heavy atom. The summed E-state index contributed by atoms with van der Waals surface area (Å²) in [4.78, 5) is 45.3. The van der Waals surface area contributed by atoms with Gasteiger partial charge in [-0.25, -0.2) is 0 Å². The van der Waals surface area contributed by atoms with Crippen molar-refractivity contribution in [2.45, 2.75) is 79.6 Å². The first-order chi connectivity index (χ1) is 22.2. The summed E-state index contributed by atoms with van der Waals surface area (Å²) in [7, 11) is 1.48. The van der Waals surface area contributed by atoms with E-state index in [4.69, 9.17) is 9.47 Å². The normalized spacial score (nSPS) is 11.8. The number of Topliss-reactive ketones (excluding diaryl/α,β-unsaturated/α-hetero) is 1. The number of benzene rings is 3. The molecule has 46 heavy (non-hydrogen) atoms. The van der Waals surface area contributed by atoms with Gasteiger partial charge in [0.1, 0.15) is 12.4 Å². The molecule has 1 atom stereocenters. The van der Waals surface area contributed by atoms with Crippen LogP contribution in [0.15, 0.2) is 48.5 Å². The van der Waals surface area contributed by atoms with Gasteiger partial charge in [-0.3, -0.25) is 19.3 Å². The summed E-state index contributed by atoms with van der Waals surface area (Å²) < 4.78 is 11.9. The topological polar surface area (TPSA) is 88.2 Å². The van der Waals surface area contributed by atoms with Crippen LogP contribution in [0.2, 0.25) is 0 Å². The molecule has 1 N–H and O–H groups in total. The largest absolute Gasteiger partial charge is 0.494 e. The summed E-state index contributed by atoms with van der Waals surface area (Å²) >= 11 is 0. The summed E-state index contributed by atoms with van der Waals surface area (Å²) in [5, 5.41) is 4.22. The zero-order valence-corrected chi connectivity index (χ0v) is 28.9. The standard InChI is InChI=1S/C38H53N3O5/c1-8-19-40(20-9-2)23-24-46-34-18-17-31(29-15-13-14-16-30(29)34)35(42)37(43)39-33-26-28(27(6)12-5)25-32(36(33)45-7)38(44)41(21-10-3)22-11-4/h13-18,25-27H,8-12,19-24H2,1-7H3,(H,39,43). The third-order valence-electron chi connectivity index (χ3n) is 8.33. The zero-order chi connectivity index (χ0) is 33.6. The van der Waals surface area contributed by atoms with Crippen LogP contribution in [0.5, 0.6) is 11.5 Å². The molecule has 3 aromatic rings. The number of fused-ring (bicyclic) bond motifs is 1. The van der Waals surface area contributed by atoms with E-state index < -0.39 is 11.7 Å². The van der Waals surface area contributed by atoms with Gasteiger partial charge in [0, 0.05) is 30.6 Å². The first-order valence-corrected chi connectivity index (χ1v) is 17.0. The van der Waals surface area contributed by atoms with E-state index in [1.54, 1.807) is 12.1 Å². The molecule has 0 aliphatic heterocycles. The lowest BCUT2D eigenvalue weighted by molar-refractivity contribution is -0.112. The van der Waals surface area contributed by atoms with Crippen LogP contribution in [0.1, 0.15) is 106 Å². The average Bonchev–Trinajstić information content (AvgIpc) is 3.07. The second-order valence-electron chi connectivity index (χ2n) is 11.9. The van der Waals surface area contributed by atoms with Crippen molar-refractivity contribution in [3.63, 3.8) is 0 Å². The molecule has 3 aromatic carbocycles. The van der Waals surface area contributed by atoms with Gasteiger partial charge in [0.2, 0.25) is 0 Å². The van der Waals surface area contributed by atoms with E-state index >= 15 is 0 Å². The maximum Gasteiger partial charge on any atom is 0.296 e. The highest BCUT2D eigenvalue weighted by molar-refractivity contribution is 6.48. The predicted molar refractivity (Wildman–Crippen MR) is 188 cm³/mol. The number of ketones is 1. The Morgan fingerprint density at radius 2 is 1.41 bits per heavy atom. The first-order valence-electron chi connectivity index (χ1n) is 17.0. The molecule has 0 radical (unpaired) electrons. The molecule has 0 bridgehead atoms. The first kappa shape index (κ1) is 36.6. The van der Waals surface area contributed by atoms with Crippen LogP contribution >= 0.6 is 0 Å². The van der Waals surface area contributed by atoms with Crippen LogP contribution < -0.4 is 14.8 Å². The number of rotatable bonds is 19. The van der Waals surface area contributed by atoms with Gasteiger partial charge in [-0.05, 0) is 86.3 Å². The highest BCUT2D eigenvalue weighted by Gasteiger charge is 2.27. The van der Waals surface area contributed by atoms with Crippen LogP contribution in [0, 0.1) is 0 Å². The van der Waals surface area contributed by atoms with E-state index in [0.29, 0.717) is 42.1 Å². The smallest absolute Gasteiger partial charge is 0.296 e. The molecule has 0 aliphatic rings. The van der Waals surface area contributed by atoms with Gasteiger partial charge in [0.15, 0.2) is 5.75 Å². The summed E-state index contributed by atoms with van der Waals surface area (Å²) in [6.07, 6.45) is 4.67. The molecule has 0 fully saturated rings. The van der Waals surface area contributed by atoms with Crippen molar-refractivity contribution in [1.82, 2.24) is 9.80 Å². The van der Waals surface area contributed by atoms with Crippen LogP contribution in [0.3, 0.4) is 0 Å². The van der Waals surface area contributed by atoms with Crippen molar-refractivity contribution >= 4 is 34.1 Å². The summed E-state index contributed by atoms with van der Waals surface area (Å²) in [5.74, 6) is -0.573. The van der Waals surface area contributed by atoms with E-state index in [1.165, 1.54) is 7.11 Å². The Labute approximate surface area is 275 Å². The monoisotopic (exact) mass is 631 g/mol. The van der Waals surface area contributed by atoms with Crippen molar-refractivity contribution in [3.8, 4) is 11.5 Å². The fourth-order valence-electron chi connectivity index (χ4n) is 5.82. The number of nitrogens with zero attached hydrogens (tertiary/aromatic N) is 2. The second kappa shape index (κ2) is 18.3. The van der Waals surface area contributed by atoms with Gasteiger partial charge >= 0.3 is 0 Å². The maximum atomic E-state index is 13.8. The Balaban J connectivity index is 1.94. The zero-order valence-electron chi connectivity index (χ0n) is 28.9. The van der Waals surface area contributed by atoms with Gasteiger partial charge < -0.3 is 19.7 Å². The molecular weight excluding hydrogens is 578 g/mol. The molecule has 8 heteroatoms.